The normalized spacial score (nSPS) is 16.6. The van der Waals surface area contributed by atoms with Gasteiger partial charge in [-0.2, -0.15) is 0 Å². The third-order valence-corrected chi connectivity index (χ3v) is 5.35. The maximum atomic E-state index is 12.3. The van der Waals surface area contributed by atoms with Crippen molar-refractivity contribution in [1.29, 1.82) is 0 Å². The van der Waals surface area contributed by atoms with E-state index in [2.05, 4.69) is 59.3 Å². The molecular weight excluding hydrogens is 316 g/mol. The lowest BCUT2D eigenvalue weighted by atomic mass is 10.0. The molecule has 1 heterocycles. The average molecular weight is 343 g/mol. The first-order chi connectivity index (χ1) is 11.7. The Bertz CT molecular complexity index is 647. The molecule has 1 aromatic carbocycles. The third-order valence-electron chi connectivity index (χ3n) is 4.41. The van der Waals surface area contributed by atoms with Gasteiger partial charge in [0.05, 0.1) is 12.1 Å². The summed E-state index contributed by atoms with van der Waals surface area (Å²) in [4.78, 5) is 13.5. The number of amides is 1. The van der Waals surface area contributed by atoms with Crippen molar-refractivity contribution in [2.75, 3.05) is 0 Å². The van der Waals surface area contributed by atoms with Crippen molar-refractivity contribution in [2.45, 2.75) is 57.7 Å². The summed E-state index contributed by atoms with van der Waals surface area (Å²) in [6, 6.07) is 13.2. The molecule has 1 fully saturated rings. The molecule has 1 saturated carbocycles. The molecule has 0 radical (unpaired) electrons. The fraction of sp³-hybridized carbons (Fsp3) is 0.450. The van der Waals surface area contributed by atoms with Crippen LogP contribution in [0, 0.1) is 0 Å². The Hall–Kier alpha value is -1.65. The molecule has 0 unspecified atom stereocenters. The van der Waals surface area contributed by atoms with Crippen molar-refractivity contribution in [3.8, 4) is 0 Å². The van der Waals surface area contributed by atoms with Gasteiger partial charge in [-0.3, -0.25) is 10.1 Å². The van der Waals surface area contributed by atoms with Crippen LogP contribution in [0.15, 0.2) is 41.8 Å². The monoisotopic (exact) mass is 342 g/mol. The zero-order valence-corrected chi connectivity index (χ0v) is 15.2. The number of rotatable bonds is 8. The van der Waals surface area contributed by atoms with Gasteiger partial charge in [-0.25, -0.2) is 0 Å². The number of carbonyl (C=O) groups excluding carboxylic acids is 1. The second-order valence-electron chi connectivity index (χ2n) is 6.61. The van der Waals surface area contributed by atoms with Crippen LogP contribution in [0.1, 0.15) is 55.2 Å². The van der Waals surface area contributed by atoms with E-state index in [1.54, 1.807) is 11.3 Å². The molecule has 24 heavy (non-hydrogen) atoms. The number of carbonyl (C=O) groups is 1. The minimum atomic E-state index is -0.215. The zero-order chi connectivity index (χ0) is 16.9. The van der Waals surface area contributed by atoms with Gasteiger partial charge in [-0.15, -0.1) is 11.3 Å². The highest BCUT2D eigenvalue weighted by Gasteiger charge is 2.27. The zero-order valence-electron chi connectivity index (χ0n) is 14.4. The highest BCUT2D eigenvalue weighted by Crippen LogP contribution is 2.27. The van der Waals surface area contributed by atoms with Gasteiger partial charge in [0.1, 0.15) is 0 Å². The predicted molar refractivity (Wildman–Crippen MR) is 100 cm³/mol. The van der Waals surface area contributed by atoms with E-state index in [1.165, 1.54) is 16.0 Å². The van der Waals surface area contributed by atoms with Gasteiger partial charge in [-0.05, 0) is 48.8 Å². The van der Waals surface area contributed by atoms with E-state index in [4.69, 9.17) is 0 Å². The maximum Gasteiger partial charge on any atom is 0.237 e. The quantitative estimate of drug-likeness (QED) is 0.760. The summed E-state index contributed by atoms with van der Waals surface area (Å²) in [5, 5.41) is 8.69. The van der Waals surface area contributed by atoms with E-state index in [0.717, 1.165) is 25.7 Å². The van der Waals surface area contributed by atoms with Gasteiger partial charge >= 0.3 is 0 Å². The molecule has 2 N–H and O–H groups in total. The number of thiophene rings is 1. The summed E-state index contributed by atoms with van der Waals surface area (Å²) in [6.45, 7) is 4.15. The smallest absolute Gasteiger partial charge is 0.237 e. The molecule has 3 nitrogen and oxygen atoms in total. The molecule has 3 rings (SSSR count). The van der Waals surface area contributed by atoms with E-state index in [1.807, 2.05) is 6.92 Å². The molecule has 1 amide bonds. The largest absolute Gasteiger partial charge is 0.352 e. The topological polar surface area (TPSA) is 41.1 Å². The van der Waals surface area contributed by atoms with Gasteiger partial charge in [0.15, 0.2) is 0 Å². The second kappa shape index (κ2) is 7.95. The predicted octanol–water partition coefficient (Wildman–Crippen LogP) is 4.05. The molecule has 4 heteroatoms. The van der Waals surface area contributed by atoms with Crippen molar-refractivity contribution in [1.82, 2.24) is 10.6 Å². The lowest BCUT2D eigenvalue weighted by Crippen LogP contribution is -2.44. The van der Waals surface area contributed by atoms with E-state index >= 15 is 0 Å². The molecular formula is C20H26N2OS. The SMILES string of the molecule is CCCc1ccc([C@H](N[C@H](C)C(=O)NC2CC2)c2cccs2)cc1. The number of hydrogen-bond donors (Lipinski definition) is 2. The van der Waals surface area contributed by atoms with Gasteiger partial charge in [-0.1, -0.05) is 43.7 Å². The molecule has 1 aromatic heterocycles. The Morgan fingerprint density at radius 1 is 1.25 bits per heavy atom. The van der Waals surface area contributed by atoms with Crippen LogP contribution in [0.3, 0.4) is 0 Å². The molecule has 128 valence electrons. The molecule has 2 atom stereocenters. The van der Waals surface area contributed by atoms with Crippen LogP contribution < -0.4 is 10.6 Å². The Morgan fingerprint density at radius 2 is 2.00 bits per heavy atom. The molecule has 1 aliphatic carbocycles. The van der Waals surface area contributed by atoms with Gasteiger partial charge in [0, 0.05) is 10.9 Å². The molecule has 0 spiro atoms. The summed E-state index contributed by atoms with van der Waals surface area (Å²) < 4.78 is 0. The molecule has 1 aliphatic rings. The molecule has 2 aromatic rings. The fourth-order valence-corrected chi connectivity index (χ4v) is 3.65. The summed E-state index contributed by atoms with van der Waals surface area (Å²) in [5.41, 5.74) is 2.58. The lowest BCUT2D eigenvalue weighted by Gasteiger charge is -2.23. The Morgan fingerprint density at radius 3 is 2.58 bits per heavy atom. The van der Waals surface area contributed by atoms with E-state index in [0.29, 0.717) is 6.04 Å². The third kappa shape index (κ3) is 4.46. The van der Waals surface area contributed by atoms with Crippen molar-refractivity contribution >= 4 is 17.2 Å². The summed E-state index contributed by atoms with van der Waals surface area (Å²) in [5.74, 6) is 0.0988. The number of aryl methyl sites for hydroxylation is 1. The van der Waals surface area contributed by atoms with Gasteiger partial charge in [0.2, 0.25) is 5.91 Å². The van der Waals surface area contributed by atoms with E-state index in [9.17, 15) is 4.79 Å². The minimum absolute atomic E-state index is 0.0561. The first-order valence-electron chi connectivity index (χ1n) is 8.86. The van der Waals surface area contributed by atoms with Crippen LogP contribution in [0.5, 0.6) is 0 Å². The van der Waals surface area contributed by atoms with Crippen LogP contribution in [-0.2, 0) is 11.2 Å². The lowest BCUT2D eigenvalue weighted by molar-refractivity contribution is -0.123. The number of benzene rings is 1. The summed E-state index contributed by atoms with van der Waals surface area (Å²) in [7, 11) is 0. The Kier molecular flexibility index (Phi) is 5.69. The molecule has 0 saturated heterocycles. The van der Waals surface area contributed by atoms with E-state index < -0.39 is 0 Å². The summed E-state index contributed by atoms with van der Waals surface area (Å²) >= 11 is 1.73. The van der Waals surface area contributed by atoms with Crippen LogP contribution in [-0.4, -0.2) is 18.0 Å². The number of nitrogens with one attached hydrogen (secondary N) is 2. The number of hydrogen-bond acceptors (Lipinski definition) is 3. The van der Waals surface area contributed by atoms with Crippen LogP contribution in [0.4, 0.5) is 0 Å². The Labute approximate surface area is 148 Å². The van der Waals surface area contributed by atoms with Crippen molar-refractivity contribution < 1.29 is 4.79 Å². The van der Waals surface area contributed by atoms with Crippen LogP contribution >= 0.6 is 11.3 Å². The Balaban J connectivity index is 1.74. The molecule has 0 bridgehead atoms. The average Bonchev–Trinajstić information content (AvgIpc) is 3.23. The van der Waals surface area contributed by atoms with Crippen molar-refractivity contribution in [3.63, 3.8) is 0 Å². The summed E-state index contributed by atoms with van der Waals surface area (Å²) in [6.07, 6.45) is 4.50. The van der Waals surface area contributed by atoms with Crippen molar-refractivity contribution in [3.05, 3.63) is 57.8 Å². The van der Waals surface area contributed by atoms with Crippen molar-refractivity contribution in [2.24, 2.45) is 0 Å². The standard InChI is InChI=1S/C20H26N2OS/c1-3-5-15-7-9-16(10-8-15)19(18-6-4-13-24-18)21-14(2)20(23)22-17-11-12-17/h4,6-10,13-14,17,19,21H,3,5,11-12H2,1-2H3,(H,22,23)/t14-,19+/m1/s1. The van der Waals surface area contributed by atoms with E-state index in [-0.39, 0.29) is 18.0 Å². The fourth-order valence-electron chi connectivity index (χ4n) is 2.84. The van der Waals surface area contributed by atoms with Gasteiger partial charge in [0.25, 0.3) is 0 Å². The van der Waals surface area contributed by atoms with Gasteiger partial charge < -0.3 is 5.32 Å². The highest BCUT2D eigenvalue weighted by atomic mass is 32.1. The van der Waals surface area contributed by atoms with Crippen LogP contribution in [0.25, 0.3) is 0 Å². The minimum Gasteiger partial charge on any atom is -0.352 e. The first-order valence-corrected chi connectivity index (χ1v) is 9.74. The van der Waals surface area contributed by atoms with Crippen LogP contribution in [0.2, 0.25) is 0 Å². The maximum absolute atomic E-state index is 12.3. The first kappa shape index (κ1) is 17.2. The molecule has 0 aliphatic heterocycles. The second-order valence-corrected chi connectivity index (χ2v) is 7.59. The highest BCUT2D eigenvalue weighted by molar-refractivity contribution is 7.10.